The maximum Gasteiger partial charge on any atom is 0.274 e. The van der Waals surface area contributed by atoms with Crippen molar-refractivity contribution in [2.45, 2.75) is 39.2 Å². The second-order valence-corrected chi connectivity index (χ2v) is 4.77. The van der Waals surface area contributed by atoms with E-state index < -0.39 is 5.54 Å². The first-order valence-electron chi connectivity index (χ1n) is 5.76. The van der Waals surface area contributed by atoms with Crippen LogP contribution in [0.15, 0.2) is 0 Å². The molecule has 0 aromatic carbocycles. The van der Waals surface area contributed by atoms with Crippen molar-refractivity contribution in [3.05, 3.63) is 11.4 Å². The quantitative estimate of drug-likeness (QED) is 0.695. The predicted octanol–water partition coefficient (Wildman–Crippen LogP) is 0.148. The Morgan fingerprint density at radius 3 is 2.50 bits per heavy atom. The number of carbonyl (C=O) groups excluding carboxylic acids is 2. The number of aromatic nitrogens is 3. The lowest BCUT2D eigenvalue weighted by molar-refractivity contribution is -0.121. The van der Waals surface area contributed by atoms with Crippen LogP contribution < -0.4 is 10.6 Å². The van der Waals surface area contributed by atoms with Crippen LogP contribution in [-0.4, -0.2) is 39.8 Å². The first-order valence-corrected chi connectivity index (χ1v) is 5.76. The van der Waals surface area contributed by atoms with Crippen LogP contribution in [0.5, 0.6) is 0 Å². The predicted molar refractivity (Wildman–Crippen MR) is 66.0 cm³/mol. The van der Waals surface area contributed by atoms with Crippen molar-refractivity contribution in [2.24, 2.45) is 0 Å². The van der Waals surface area contributed by atoms with Gasteiger partial charge in [-0.2, -0.15) is 15.4 Å². The minimum absolute atomic E-state index is 0.0464. The van der Waals surface area contributed by atoms with E-state index in [4.69, 9.17) is 0 Å². The average Bonchev–Trinajstić information content (AvgIpc) is 2.72. The summed E-state index contributed by atoms with van der Waals surface area (Å²) < 4.78 is 0. The summed E-state index contributed by atoms with van der Waals surface area (Å²) in [6, 6.07) is 0. The van der Waals surface area contributed by atoms with Crippen LogP contribution >= 0.6 is 0 Å². The van der Waals surface area contributed by atoms with Crippen molar-refractivity contribution in [1.29, 1.82) is 0 Å². The van der Waals surface area contributed by atoms with Gasteiger partial charge in [-0.15, -0.1) is 0 Å². The molecule has 1 heterocycles. The Bertz CT molecular complexity index is 438. The monoisotopic (exact) mass is 253 g/mol. The molecule has 0 aliphatic heterocycles. The minimum atomic E-state index is -0.477. The molecular formula is C11H19N5O2. The van der Waals surface area contributed by atoms with Crippen LogP contribution in [-0.2, 0) is 4.79 Å². The molecule has 0 atom stereocenters. The highest BCUT2D eigenvalue weighted by atomic mass is 16.2. The molecule has 0 unspecified atom stereocenters. The fraction of sp³-hybridized carbons (Fsp3) is 0.636. The Hall–Kier alpha value is -1.92. The maximum atomic E-state index is 11.9. The van der Waals surface area contributed by atoms with Gasteiger partial charge in [-0.25, -0.2) is 0 Å². The molecule has 0 bridgehead atoms. The molecule has 7 heteroatoms. The van der Waals surface area contributed by atoms with Gasteiger partial charge in [0.15, 0.2) is 5.69 Å². The second kappa shape index (κ2) is 5.61. The average molecular weight is 253 g/mol. The van der Waals surface area contributed by atoms with Gasteiger partial charge in [0.05, 0.1) is 5.69 Å². The van der Waals surface area contributed by atoms with Crippen LogP contribution in [0.2, 0.25) is 0 Å². The summed E-state index contributed by atoms with van der Waals surface area (Å²) in [6.45, 7) is 5.43. The number of hydrogen-bond donors (Lipinski definition) is 3. The molecule has 0 fully saturated rings. The molecule has 0 saturated carbocycles. The van der Waals surface area contributed by atoms with E-state index in [1.807, 2.05) is 13.8 Å². The topological polar surface area (TPSA) is 99.8 Å². The van der Waals surface area contributed by atoms with Crippen LogP contribution in [0.4, 0.5) is 0 Å². The molecule has 0 saturated heterocycles. The molecule has 100 valence electrons. The van der Waals surface area contributed by atoms with Gasteiger partial charge in [0.2, 0.25) is 5.91 Å². The molecule has 2 amide bonds. The van der Waals surface area contributed by atoms with Gasteiger partial charge in [0, 0.05) is 19.0 Å². The van der Waals surface area contributed by atoms with Gasteiger partial charge < -0.3 is 10.6 Å². The van der Waals surface area contributed by atoms with Gasteiger partial charge in [0.1, 0.15) is 0 Å². The van der Waals surface area contributed by atoms with Crippen LogP contribution in [0, 0.1) is 6.92 Å². The van der Waals surface area contributed by atoms with E-state index in [-0.39, 0.29) is 17.5 Å². The van der Waals surface area contributed by atoms with Crippen molar-refractivity contribution in [3.63, 3.8) is 0 Å². The highest BCUT2D eigenvalue weighted by Gasteiger charge is 2.24. The molecule has 0 spiro atoms. The summed E-state index contributed by atoms with van der Waals surface area (Å²) in [5.41, 5.74) is 0.354. The second-order valence-electron chi connectivity index (χ2n) is 4.77. The number of hydrogen-bond acceptors (Lipinski definition) is 4. The van der Waals surface area contributed by atoms with E-state index in [2.05, 4.69) is 26.0 Å². The zero-order chi connectivity index (χ0) is 13.8. The van der Waals surface area contributed by atoms with Crippen LogP contribution in [0.3, 0.4) is 0 Å². The fourth-order valence-corrected chi connectivity index (χ4v) is 1.48. The van der Waals surface area contributed by atoms with Gasteiger partial charge in [0.25, 0.3) is 5.91 Å². The Kier molecular flexibility index (Phi) is 4.41. The van der Waals surface area contributed by atoms with Crippen molar-refractivity contribution in [1.82, 2.24) is 26.0 Å². The van der Waals surface area contributed by atoms with E-state index in [9.17, 15) is 9.59 Å². The largest absolute Gasteiger partial charge is 0.359 e. The Morgan fingerprint density at radius 1 is 1.33 bits per heavy atom. The summed E-state index contributed by atoms with van der Waals surface area (Å²) in [4.78, 5) is 23.1. The Labute approximate surface area is 106 Å². The molecular weight excluding hydrogens is 234 g/mol. The Morgan fingerprint density at radius 2 is 2.00 bits per heavy atom. The lowest BCUT2D eigenvalue weighted by Crippen LogP contribution is -2.44. The standard InChI is InChI=1S/C11H19N5O2/c1-7-9(15-16-14-7)10(18)13-11(2,3)6-5-8(17)12-4/h5-6H2,1-4H3,(H,12,17)(H,13,18)(H,14,15,16). The summed E-state index contributed by atoms with van der Waals surface area (Å²) in [5, 5.41) is 15.4. The number of rotatable bonds is 5. The van der Waals surface area contributed by atoms with Gasteiger partial charge in [-0.3, -0.25) is 9.59 Å². The van der Waals surface area contributed by atoms with E-state index in [0.717, 1.165) is 0 Å². The van der Waals surface area contributed by atoms with E-state index in [1.165, 1.54) is 0 Å². The molecule has 18 heavy (non-hydrogen) atoms. The smallest absolute Gasteiger partial charge is 0.274 e. The zero-order valence-electron chi connectivity index (χ0n) is 11.1. The number of amides is 2. The zero-order valence-corrected chi connectivity index (χ0v) is 11.1. The SMILES string of the molecule is CNC(=O)CCC(C)(C)NC(=O)c1n[nH]nc1C. The number of nitrogens with zero attached hydrogens (tertiary/aromatic N) is 2. The van der Waals surface area contributed by atoms with Gasteiger partial charge in [-0.05, 0) is 27.2 Å². The summed E-state index contributed by atoms with van der Waals surface area (Å²) in [6.07, 6.45) is 0.914. The first-order chi connectivity index (χ1) is 8.35. The molecule has 0 aliphatic carbocycles. The third-order valence-corrected chi connectivity index (χ3v) is 2.65. The van der Waals surface area contributed by atoms with Crippen molar-refractivity contribution < 1.29 is 9.59 Å². The molecule has 0 aliphatic rings. The lowest BCUT2D eigenvalue weighted by Gasteiger charge is -2.25. The summed E-state index contributed by atoms with van der Waals surface area (Å²) in [5.74, 6) is -0.335. The van der Waals surface area contributed by atoms with Crippen LogP contribution in [0.25, 0.3) is 0 Å². The number of carbonyl (C=O) groups is 2. The molecule has 1 aromatic rings. The molecule has 1 rings (SSSR count). The maximum absolute atomic E-state index is 11.9. The molecule has 7 nitrogen and oxygen atoms in total. The van der Waals surface area contributed by atoms with Gasteiger partial charge in [-0.1, -0.05) is 0 Å². The lowest BCUT2D eigenvalue weighted by atomic mass is 9.98. The molecule has 3 N–H and O–H groups in total. The number of aromatic amines is 1. The highest BCUT2D eigenvalue weighted by Crippen LogP contribution is 2.12. The summed E-state index contributed by atoms with van der Waals surface area (Å²) >= 11 is 0. The normalized spacial score (nSPS) is 11.1. The van der Waals surface area contributed by atoms with E-state index in [0.29, 0.717) is 18.5 Å². The highest BCUT2D eigenvalue weighted by molar-refractivity contribution is 5.93. The van der Waals surface area contributed by atoms with Crippen molar-refractivity contribution in [2.75, 3.05) is 7.05 Å². The summed E-state index contributed by atoms with van der Waals surface area (Å²) in [7, 11) is 1.59. The van der Waals surface area contributed by atoms with Crippen LogP contribution in [0.1, 0.15) is 42.9 Å². The van der Waals surface area contributed by atoms with Gasteiger partial charge >= 0.3 is 0 Å². The number of H-pyrrole nitrogens is 1. The number of aryl methyl sites for hydroxylation is 1. The third kappa shape index (κ3) is 3.83. The van der Waals surface area contributed by atoms with Crippen molar-refractivity contribution in [3.8, 4) is 0 Å². The first kappa shape index (κ1) is 14.1. The Balaban J connectivity index is 2.57. The molecule has 0 radical (unpaired) electrons. The van der Waals surface area contributed by atoms with E-state index >= 15 is 0 Å². The fourth-order valence-electron chi connectivity index (χ4n) is 1.48. The number of nitrogens with one attached hydrogen (secondary N) is 3. The minimum Gasteiger partial charge on any atom is -0.359 e. The van der Waals surface area contributed by atoms with Crippen molar-refractivity contribution >= 4 is 11.8 Å². The van der Waals surface area contributed by atoms with E-state index in [1.54, 1.807) is 14.0 Å². The third-order valence-electron chi connectivity index (χ3n) is 2.65. The molecule has 1 aromatic heterocycles.